The molecule has 0 aliphatic carbocycles. The van der Waals surface area contributed by atoms with Gasteiger partial charge in [0.1, 0.15) is 0 Å². The highest BCUT2D eigenvalue weighted by molar-refractivity contribution is 6.09. The second kappa shape index (κ2) is 3.85. The highest BCUT2D eigenvalue weighted by Crippen LogP contribution is 2.29. The summed E-state index contributed by atoms with van der Waals surface area (Å²) in [5.41, 5.74) is 1.97. The third kappa shape index (κ3) is 1.50. The summed E-state index contributed by atoms with van der Waals surface area (Å²) in [4.78, 5) is 11.3. The van der Waals surface area contributed by atoms with Crippen molar-refractivity contribution < 1.29 is 9.90 Å². The van der Waals surface area contributed by atoms with Gasteiger partial charge in [-0.2, -0.15) is 0 Å². The van der Waals surface area contributed by atoms with Gasteiger partial charge in [0.25, 0.3) is 0 Å². The first-order valence-electron chi connectivity index (χ1n) is 5.08. The Morgan fingerprint density at radius 2 is 2.00 bits per heavy atom. The molecule has 0 saturated carbocycles. The molecule has 0 bridgehead atoms. The third-order valence-corrected chi connectivity index (χ3v) is 2.71. The number of hydrogen-bond acceptors (Lipinski definition) is 2. The van der Waals surface area contributed by atoms with Crippen LogP contribution in [-0.2, 0) is 0 Å². The molecule has 16 heavy (non-hydrogen) atoms. The van der Waals surface area contributed by atoms with E-state index >= 15 is 0 Å². The molecular weight excluding hydrogens is 202 g/mol. The molecular formula is C13H13NO2. The molecule has 0 unspecified atom stereocenters. The number of anilines is 1. The Bertz CT molecular complexity index is 561. The van der Waals surface area contributed by atoms with E-state index in [1.54, 1.807) is 7.05 Å². The Balaban J connectivity index is 2.93. The summed E-state index contributed by atoms with van der Waals surface area (Å²) < 4.78 is 0. The maximum absolute atomic E-state index is 11.3. The zero-order valence-corrected chi connectivity index (χ0v) is 9.24. The molecule has 2 aromatic carbocycles. The van der Waals surface area contributed by atoms with Crippen LogP contribution in [0.1, 0.15) is 15.9 Å². The maximum Gasteiger partial charge on any atom is 0.338 e. The molecule has 0 fully saturated rings. The van der Waals surface area contributed by atoms with E-state index in [2.05, 4.69) is 5.32 Å². The van der Waals surface area contributed by atoms with E-state index in [9.17, 15) is 9.90 Å². The summed E-state index contributed by atoms with van der Waals surface area (Å²) in [6.07, 6.45) is 0. The molecule has 82 valence electrons. The van der Waals surface area contributed by atoms with Crippen LogP contribution >= 0.6 is 0 Å². The molecule has 0 spiro atoms. The van der Waals surface area contributed by atoms with Crippen LogP contribution in [0.5, 0.6) is 0 Å². The number of fused-ring (bicyclic) bond motifs is 1. The van der Waals surface area contributed by atoms with Crippen molar-refractivity contribution in [3.8, 4) is 0 Å². The lowest BCUT2D eigenvalue weighted by molar-refractivity contribution is 0.0700. The van der Waals surface area contributed by atoms with Gasteiger partial charge in [-0.15, -0.1) is 0 Å². The van der Waals surface area contributed by atoms with Crippen LogP contribution in [0, 0.1) is 6.92 Å². The van der Waals surface area contributed by atoms with Gasteiger partial charge in [0.2, 0.25) is 0 Å². The first kappa shape index (κ1) is 10.5. The first-order chi connectivity index (χ1) is 7.65. The second-order valence-corrected chi connectivity index (χ2v) is 3.72. The van der Waals surface area contributed by atoms with Crippen molar-refractivity contribution in [2.45, 2.75) is 6.92 Å². The molecule has 2 rings (SSSR count). The lowest BCUT2D eigenvalue weighted by Gasteiger charge is -2.12. The number of aryl methyl sites for hydroxylation is 1. The maximum atomic E-state index is 11.3. The molecule has 0 aliphatic rings. The minimum Gasteiger partial charge on any atom is -0.478 e. The number of carbonyl (C=O) groups is 1. The molecule has 2 aromatic rings. The van der Waals surface area contributed by atoms with Crippen molar-refractivity contribution in [1.29, 1.82) is 0 Å². The molecule has 0 aliphatic heterocycles. The van der Waals surface area contributed by atoms with Gasteiger partial charge in [0, 0.05) is 7.05 Å². The normalized spacial score (nSPS) is 10.4. The fourth-order valence-electron chi connectivity index (χ4n) is 2.03. The summed E-state index contributed by atoms with van der Waals surface area (Å²) in [6.45, 7) is 1.91. The van der Waals surface area contributed by atoms with Crippen molar-refractivity contribution in [2.24, 2.45) is 0 Å². The highest BCUT2D eigenvalue weighted by atomic mass is 16.4. The number of hydrogen-bond donors (Lipinski definition) is 2. The number of carboxylic acids is 1. The van der Waals surface area contributed by atoms with Gasteiger partial charge in [-0.05, 0) is 29.3 Å². The van der Waals surface area contributed by atoms with Crippen LogP contribution in [0.4, 0.5) is 5.69 Å². The first-order valence-corrected chi connectivity index (χ1v) is 5.08. The van der Waals surface area contributed by atoms with E-state index in [4.69, 9.17) is 0 Å². The summed E-state index contributed by atoms with van der Waals surface area (Å²) in [5.74, 6) is -0.899. The van der Waals surface area contributed by atoms with Crippen LogP contribution in [0.25, 0.3) is 10.8 Å². The lowest BCUT2D eigenvalue weighted by Crippen LogP contribution is -2.05. The molecule has 2 N–H and O–H groups in total. The van der Waals surface area contributed by atoms with Crippen molar-refractivity contribution >= 4 is 22.4 Å². The van der Waals surface area contributed by atoms with Crippen LogP contribution < -0.4 is 5.32 Å². The monoisotopic (exact) mass is 215 g/mol. The third-order valence-electron chi connectivity index (χ3n) is 2.71. The Morgan fingerprint density at radius 1 is 1.31 bits per heavy atom. The van der Waals surface area contributed by atoms with Gasteiger partial charge in [-0.1, -0.05) is 24.3 Å². The minimum atomic E-state index is -0.899. The summed E-state index contributed by atoms with van der Waals surface area (Å²) in [5, 5.41) is 14.0. The number of carboxylic acid groups (broad SMARTS) is 1. The Morgan fingerprint density at radius 3 is 2.62 bits per heavy atom. The van der Waals surface area contributed by atoms with Crippen LogP contribution in [0.2, 0.25) is 0 Å². The van der Waals surface area contributed by atoms with Crippen molar-refractivity contribution in [1.82, 2.24) is 0 Å². The number of aromatic carboxylic acids is 1. The van der Waals surface area contributed by atoms with Gasteiger partial charge in [-0.25, -0.2) is 4.79 Å². The predicted molar refractivity (Wildman–Crippen MR) is 65.2 cm³/mol. The number of rotatable bonds is 2. The topological polar surface area (TPSA) is 49.3 Å². The van der Waals surface area contributed by atoms with E-state index in [1.807, 2.05) is 37.3 Å². The molecule has 0 saturated heterocycles. The average Bonchev–Trinajstić information content (AvgIpc) is 2.26. The predicted octanol–water partition coefficient (Wildman–Crippen LogP) is 2.89. The number of benzene rings is 2. The van der Waals surface area contributed by atoms with E-state index in [-0.39, 0.29) is 0 Å². The van der Waals surface area contributed by atoms with E-state index < -0.39 is 5.97 Å². The highest BCUT2D eigenvalue weighted by Gasteiger charge is 2.15. The second-order valence-electron chi connectivity index (χ2n) is 3.72. The van der Waals surface area contributed by atoms with Crippen LogP contribution in [0.15, 0.2) is 30.3 Å². The summed E-state index contributed by atoms with van der Waals surface area (Å²) in [6, 6.07) is 9.51. The SMILES string of the molecule is CNc1c(C)cc2ccccc2c1C(=O)O. The van der Waals surface area contributed by atoms with Gasteiger partial charge < -0.3 is 10.4 Å². The molecule has 3 heteroatoms. The van der Waals surface area contributed by atoms with Gasteiger partial charge >= 0.3 is 5.97 Å². The Labute approximate surface area is 93.7 Å². The molecule has 3 nitrogen and oxygen atoms in total. The van der Waals surface area contributed by atoms with Gasteiger partial charge in [0.15, 0.2) is 0 Å². The molecule has 0 aromatic heterocycles. The van der Waals surface area contributed by atoms with Crippen molar-refractivity contribution in [3.63, 3.8) is 0 Å². The minimum absolute atomic E-state index is 0.345. The smallest absolute Gasteiger partial charge is 0.338 e. The van der Waals surface area contributed by atoms with Crippen molar-refractivity contribution in [3.05, 3.63) is 41.5 Å². The van der Waals surface area contributed by atoms with E-state index in [0.717, 1.165) is 16.3 Å². The Kier molecular flexibility index (Phi) is 2.52. The summed E-state index contributed by atoms with van der Waals surface area (Å²) >= 11 is 0. The lowest BCUT2D eigenvalue weighted by atomic mass is 9.99. The van der Waals surface area contributed by atoms with Crippen molar-refractivity contribution in [2.75, 3.05) is 12.4 Å². The fourth-order valence-corrected chi connectivity index (χ4v) is 2.03. The fraction of sp³-hybridized carbons (Fsp3) is 0.154. The van der Waals surface area contributed by atoms with Crippen LogP contribution in [0.3, 0.4) is 0 Å². The quantitative estimate of drug-likeness (QED) is 0.809. The number of nitrogens with one attached hydrogen (secondary N) is 1. The standard InChI is InChI=1S/C13H13NO2/c1-8-7-9-5-3-4-6-10(9)11(13(15)16)12(8)14-2/h3-7,14H,1-2H3,(H,15,16). The zero-order valence-electron chi connectivity index (χ0n) is 9.24. The molecule has 0 heterocycles. The zero-order chi connectivity index (χ0) is 11.7. The molecule has 0 amide bonds. The van der Waals surface area contributed by atoms with E-state index in [0.29, 0.717) is 11.3 Å². The molecule has 0 radical (unpaired) electrons. The van der Waals surface area contributed by atoms with Gasteiger partial charge in [0.05, 0.1) is 11.3 Å². The Hall–Kier alpha value is -2.03. The average molecular weight is 215 g/mol. The van der Waals surface area contributed by atoms with Gasteiger partial charge in [-0.3, -0.25) is 0 Å². The summed E-state index contributed by atoms with van der Waals surface area (Å²) in [7, 11) is 1.74. The molecule has 0 atom stereocenters. The van der Waals surface area contributed by atoms with E-state index in [1.165, 1.54) is 0 Å². The van der Waals surface area contributed by atoms with Crippen LogP contribution in [-0.4, -0.2) is 18.1 Å². The largest absolute Gasteiger partial charge is 0.478 e.